The molecule has 0 amide bonds. The van der Waals surface area contributed by atoms with Crippen molar-refractivity contribution in [1.82, 2.24) is 4.98 Å². The summed E-state index contributed by atoms with van der Waals surface area (Å²) in [6.45, 7) is 0. The van der Waals surface area contributed by atoms with E-state index in [9.17, 15) is 22.0 Å². The Morgan fingerprint density at radius 3 is 2.27 bits per heavy atom. The van der Waals surface area contributed by atoms with Gasteiger partial charge in [0.2, 0.25) is 0 Å². The summed E-state index contributed by atoms with van der Waals surface area (Å²) in [5.74, 6) is 0. The molecule has 8 heteroatoms. The third-order valence-electron chi connectivity index (χ3n) is 1.50. The first-order chi connectivity index (χ1) is 6.73. The summed E-state index contributed by atoms with van der Waals surface area (Å²) in [5, 5.41) is -0.462. The molecule has 84 valence electrons. The van der Waals surface area contributed by atoms with Crippen molar-refractivity contribution in [3.8, 4) is 0 Å². The molecule has 15 heavy (non-hydrogen) atoms. The number of hydrogen-bond acceptors (Lipinski definition) is 1. The predicted octanol–water partition coefficient (Wildman–Crippen LogP) is 4.30. The van der Waals surface area contributed by atoms with Crippen molar-refractivity contribution in [2.75, 3.05) is 0 Å². The summed E-state index contributed by atoms with van der Waals surface area (Å²) in [6.07, 6.45) is -8.10. The predicted molar refractivity (Wildman–Crippen MR) is 51.9 cm³/mol. The van der Waals surface area contributed by atoms with Crippen LogP contribution in [0.1, 0.15) is 17.6 Å². The topological polar surface area (TPSA) is 12.9 Å². The molecule has 0 aliphatic carbocycles. The number of hydrogen-bond donors (Lipinski definition) is 0. The fourth-order valence-electron chi connectivity index (χ4n) is 0.936. The molecule has 0 fully saturated rings. The Balaban J connectivity index is 3.47. The smallest absolute Gasteiger partial charge is 0.230 e. The molecule has 0 unspecified atom stereocenters. The molecule has 0 bridgehead atoms. The molecule has 0 aliphatic rings. The zero-order valence-electron chi connectivity index (χ0n) is 6.75. The van der Waals surface area contributed by atoms with Gasteiger partial charge in [0.25, 0.3) is 6.43 Å². The second-order valence-electron chi connectivity index (χ2n) is 2.50. The van der Waals surface area contributed by atoms with Gasteiger partial charge in [-0.3, -0.25) is 0 Å². The Bertz CT molecular complexity index is 378. The maximum absolute atomic E-state index is 12.4. The van der Waals surface area contributed by atoms with Crippen LogP contribution in [0.15, 0.2) is 6.07 Å². The first-order valence-corrected chi connectivity index (χ1v) is 4.90. The normalized spacial score (nSPS) is 12.3. The van der Waals surface area contributed by atoms with E-state index >= 15 is 0 Å². The standard InChI is InChI=1S/C7H2ClF5IN/c8-3-1-2(7(11,12)13)4(5(9)10)6(14)15-3/h1,5H. The summed E-state index contributed by atoms with van der Waals surface area (Å²) in [7, 11) is 0. The molecule has 0 aliphatic heterocycles. The van der Waals surface area contributed by atoms with Gasteiger partial charge >= 0.3 is 6.18 Å². The van der Waals surface area contributed by atoms with Crippen LogP contribution in [0.5, 0.6) is 0 Å². The van der Waals surface area contributed by atoms with Crippen LogP contribution in [0, 0.1) is 3.70 Å². The van der Waals surface area contributed by atoms with Gasteiger partial charge in [0, 0.05) is 0 Å². The molecule has 1 aromatic rings. The largest absolute Gasteiger partial charge is 0.417 e. The molecular weight excluding hydrogens is 355 g/mol. The van der Waals surface area contributed by atoms with Crippen molar-refractivity contribution >= 4 is 34.2 Å². The third-order valence-corrected chi connectivity index (χ3v) is 2.52. The van der Waals surface area contributed by atoms with E-state index in [-0.39, 0.29) is 0 Å². The average molecular weight is 357 g/mol. The number of aromatic nitrogens is 1. The highest BCUT2D eigenvalue weighted by molar-refractivity contribution is 14.1. The van der Waals surface area contributed by atoms with Crippen molar-refractivity contribution in [1.29, 1.82) is 0 Å². The lowest BCUT2D eigenvalue weighted by molar-refractivity contribution is -0.139. The molecular formula is C7H2ClF5IN. The van der Waals surface area contributed by atoms with E-state index in [0.29, 0.717) is 6.07 Å². The maximum Gasteiger partial charge on any atom is 0.417 e. The van der Waals surface area contributed by atoms with Gasteiger partial charge in [0.15, 0.2) is 0 Å². The van der Waals surface area contributed by atoms with Gasteiger partial charge < -0.3 is 0 Å². The molecule has 0 N–H and O–H groups in total. The van der Waals surface area contributed by atoms with Gasteiger partial charge in [0.05, 0.1) is 11.1 Å². The van der Waals surface area contributed by atoms with E-state index in [1.54, 1.807) is 0 Å². The lowest BCUT2D eigenvalue weighted by Gasteiger charge is -2.13. The number of nitrogens with zero attached hydrogens (tertiary/aromatic N) is 1. The van der Waals surface area contributed by atoms with Crippen LogP contribution in [0.4, 0.5) is 22.0 Å². The fraction of sp³-hybridized carbons (Fsp3) is 0.286. The van der Waals surface area contributed by atoms with Crippen molar-refractivity contribution in [3.05, 3.63) is 26.0 Å². The quantitative estimate of drug-likeness (QED) is 0.415. The van der Waals surface area contributed by atoms with Crippen LogP contribution >= 0.6 is 34.2 Å². The van der Waals surface area contributed by atoms with Crippen molar-refractivity contribution < 1.29 is 22.0 Å². The minimum absolute atomic E-state index is 0.394. The first-order valence-electron chi connectivity index (χ1n) is 3.44. The van der Waals surface area contributed by atoms with E-state index in [1.807, 2.05) is 0 Å². The zero-order valence-corrected chi connectivity index (χ0v) is 9.66. The van der Waals surface area contributed by atoms with Gasteiger partial charge in [-0.2, -0.15) is 13.2 Å². The molecule has 0 saturated heterocycles. The SMILES string of the molecule is FC(F)c1c(C(F)(F)F)cc(Cl)nc1I. The van der Waals surface area contributed by atoms with Gasteiger partial charge in [-0.25, -0.2) is 13.8 Å². The van der Waals surface area contributed by atoms with Crippen molar-refractivity contribution in [3.63, 3.8) is 0 Å². The Labute approximate surface area is 99.8 Å². The summed E-state index contributed by atoms with van der Waals surface area (Å²) >= 11 is 6.56. The highest BCUT2D eigenvalue weighted by Gasteiger charge is 2.37. The summed E-state index contributed by atoms with van der Waals surface area (Å²) in [4.78, 5) is 3.34. The van der Waals surface area contributed by atoms with Crippen LogP contribution in [0.2, 0.25) is 5.15 Å². The minimum atomic E-state index is -4.86. The summed E-state index contributed by atoms with van der Waals surface area (Å²) in [6, 6.07) is 0.394. The number of halogens is 7. The highest BCUT2D eigenvalue weighted by Crippen LogP contribution is 2.39. The van der Waals surface area contributed by atoms with Gasteiger partial charge in [0.1, 0.15) is 8.85 Å². The average Bonchev–Trinajstić information content (AvgIpc) is 1.99. The highest BCUT2D eigenvalue weighted by atomic mass is 127. The number of rotatable bonds is 1. The second-order valence-corrected chi connectivity index (χ2v) is 3.90. The van der Waals surface area contributed by atoms with Gasteiger partial charge in [-0.15, -0.1) is 0 Å². The third kappa shape index (κ3) is 2.90. The Hall–Kier alpha value is -0.180. The van der Waals surface area contributed by atoms with Gasteiger partial charge in [-0.1, -0.05) is 11.6 Å². The number of alkyl halides is 5. The van der Waals surface area contributed by atoms with Crippen LogP contribution < -0.4 is 0 Å². The van der Waals surface area contributed by atoms with E-state index in [2.05, 4.69) is 4.98 Å². The van der Waals surface area contributed by atoms with Crippen LogP contribution in [-0.4, -0.2) is 4.98 Å². The molecule has 1 aromatic heterocycles. The molecule has 1 nitrogen and oxygen atoms in total. The number of pyridine rings is 1. The zero-order chi connectivity index (χ0) is 11.8. The molecule has 0 atom stereocenters. The van der Waals surface area contributed by atoms with Gasteiger partial charge in [-0.05, 0) is 28.7 Å². The van der Waals surface area contributed by atoms with E-state index < -0.39 is 32.6 Å². The van der Waals surface area contributed by atoms with E-state index in [1.165, 1.54) is 22.6 Å². The van der Waals surface area contributed by atoms with Crippen molar-refractivity contribution in [2.24, 2.45) is 0 Å². The minimum Gasteiger partial charge on any atom is -0.230 e. The first kappa shape index (κ1) is 12.9. The maximum atomic E-state index is 12.4. The summed E-state index contributed by atoms with van der Waals surface area (Å²) < 4.78 is 61.3. The van der Waals surface area contributed by atoms with Crippen LogP contribution in [0.3, 0.4) is 0 Å². The Kier molecular flexibility index (Phi) is 3.75. The van der Waals surface area contributed by atoms with Crippen molar-refractivity contribution in [2.45, 2.75) is 12.6 Å². The fourth-order valence-corrected chi connectivity index (χ4v) is 2.06. The van der Waals surface area contributed by atoms with E-state index in [4.69, 9.17) is 11.6 Å². The Morgan fingerprint density at radius 1 is 1.33 bits per heavy atom. The monoisotopic (exact) mass is 357 g/mol. The lowest BCUT2D eigenvalue weighted by Crippen LogP contribution is -2.12. The van der Waals surface area contributed by atoms with Crippen LogP contribution in [0.25, 0.3) is 0 Å². The Morgan fingerprint density at radius 2 is 1.87 bits per heavy atom. The second kappa shape index (κ2) is 4.36. The molecule has 1 rings (SSSR count). The molecule has 0 aromatic carbocycles. The summed E-state index contributed by atoms with van der Waals surface area (Å²) in [5.41, 5.74) is -2.57. The molecule has 0 spiro atoms. The van der Waals surface area contributed by atoms with Crippen LogP contribution in [-0.2, 0) is 6.18 Å². The molecule has 0 radical (unpaired) electrons. The molecule has 0 saturated carbocycles. The van der Waals surface area contributed by atoms with E-state index in [0.717, 1.165) is 0 Å². The lowest BCUT2D eigenvalue weighted by atomic mass is 10.1. The molecule has 1 heterocycles.